The Labute approximate surface area is 96.1 Å². The zero-order chi connectivity index (χ0) is 12.1. The molecule has 0 unspecified atom stereocenters. The Hall–Kier alpha value is -1.64. The van der Waals surface area contributed by atoms with E-state index in [0.717, 1.165) is 11.8 Å². The van der Waals surface area contributed by atoms with Crippen molar-refractivity contribution < 1.29 is 9.59 Å². The summed E-state index contributed by atoms with van der Waals surface area (Å²) >= 11 is 0. The summed E-state index contributed by atoms with van der Waals surface area (Å²) < 4.78 is 0. The quantitative estimate of drug-likeness (QED) is 0.727. The van der Waals surface area contributed by atoms with E-state index < -0.39 is 0 Å². The van der Waals surface area contributed by atoms with Crippen molar-refractivity contribution in [3.8, 4) is 0 Å². The summed E-state index contributed by atoms with van der Waals surface area (Å²) in [7, 11) is 1.72. The minimum Gasteiger partial charge on any atom is -0.338 e. The molecular weight excluding hydrogens is 202 g/mol. The molecule has 0 fully saturated rings. The van der Waals surface area contributed by atoms with Crippen LogP contribution < -0.4 is 0 Å². The summed E-state index contributed by atoms with van der Waals surface area (Å²) in [6.07, 6.45) is 0.886. The molecule has 1 amide bonds. The fourth-order valence-corrected chi connectivity index (χ4v) is 1.80. The Morgan fingerprint density at radius 2 is 1.88 bits per heavy atom. The van der Waals surface area contributed by atoms with E-state index in [1.807, 2.05) is 37.3 Å². The summed E-state index contributed by atoms with van der Waals surface area (Å²) in [4.78, 5) is 23.9. The lowest BCUT2D eigenvalue weighted by molar-refractivity contribution is -0.131. The molecule has 0 heterocycles. The van der Waals surface area contributed by atoms with Crippen LogP contribution in [-0.2, 0) is 9.59 Å². The zero-order valence-electron chi connectivity index (χ0n) is 9.88. The highest BCUT2D eigenvalue weighted by Crippen LogP contribution is 2.26. The van der Waals surface area contributed by atoms with Crippen LogP contribution in [0.15, 0.2) is 30.3 Å². The van der Waals surface area contributed by atoms with Crippen LogP contribution in [0.3, 0.4) is 0 Å². The Morgan fingerprint density at radius 1 is 1.31 bits per heavy atom. The fraction of sp³-hybridized carbons (Fsp3) is 0.385. The maximum Gasteiger partial charge on any atom is 0.219 e. The standard InChI is InChI=1S/C13H17NO2/c1-10(9-15)13(14(3)11(2)16)12-7-5-4-6-8-12/h4-10,13H,1-3H3/t10-,13-/m1/s1. The minimum atomic E-state index is -0.212. The van der Waals surface area contributed by atoms with E-state index in [-0.39, 0.29) is 17.9 Å². The summed E-state index contributed by atoms with van der Waals surface area (Å²) in [5.41, 5.74) is 0.986. The zero-order valence-corrected chi connectivity index (χ0v) is 9.88. The number of amides is 1. The third-order valence-corrected chi connectivity index (χ3v) is 2.77. The van der Waals surface area contributed by atoms with Gasteiger partial charge in [-0.25, -0.2) is 0 Å². The van der Waals surface area contributed by atoms with Gasteiger partial charge in [0.05, 0.1) is 6.04 Å². The molecule has 0 spiro atoms. The van der Waals surface area contributed by atoms with E-state index in [1.165, 1.54) is 6.92 Å². The average molecular weight is 219 g/mol. The van der Waals surface area contributed by atoms with Crippen LogP contribution in [-0.4, -0.2) is 24.1 Å². The van der Waals surface area contributed by atoms with E-state index in [4.69, 9.17) is 0 Å². The van der Waals surface area contributed by atoms with Crippen molar-refractivity contribution in [3.63, 3.8) is 0 Å². The van der Waals surface area contributed by atoms with Gasteiger partial charge in [-0.1, -0.05) is 37.3 Å². The van der Waals surface area contributed by atoms with E-state index in [0.29, 0.717) is 0 Å². The van der Waals surface area contributed by atoms with Crippen molar-refractivity contribution in [2.45, 2.75) is 19.9 Å². The van der Waals surface area contributed by atoms with Crippen molar-refractivity contribution in [3.05, 3.63) is 35.9 Å². The van der Waals surface area contributed by atoms with Crippen molar-refractivity contribution in [1.29, 1.82) is 0 Å². The first-order valence-electron chi connectivity index (χ1n) is 5.31. The van der Waals surface area contributed by atoms with Crippen LogP contribution >= 0.6 is 0 Å². The molecule has 16 heavy (non-hydrogen) atoms. The molecule has 0 N–H and O–H groups in total. The normalized spacial score (nSPS) is 13.9. The van der Waals surface area contributed by atoms with Gasteiger partial charge in [-0.15, -0.1) is 0 Å². The van der Waals surface area contributed by atoms with Gasteiger partial charge in [0, 0.05) is 19.9 Å². The highest BCUT2D eigenvalue weighted by atomic mass is 16.2. The molecule has 0 aliphatic rings. The van der Waals surface area contributed by atoms with Gasteiger partial charge in [0.15, 0.2) is 0 Å². The van der Waals surface area contributed by atoms with Gasteiger partial charge in [-0.2, -0.15) is 0 Å². The predicted molar refractivity (Wildman–Crippen MR) is 62.9 cm³/mol. The molecule has 0 aromatic heterocycles. The first kappa shape index (κ1) is 12.4. The van der Waals surface area contributed by atoms with Crippen LogP contribution in [0.5, 0.6) is 0 Å². The van der Waals surface area contributed by atoms with Crippen molar-refractivity contribution in [2.75, 3.05) is 7.05 Å². The van der Waals surface area contributed by atoms with Gasteiger partial charge in [-0.3, -0.25) is 4.79 Å². The summed E-state index contributed by atoms with van der Waals surface area (Å²) in [6, 6.07) is 9.42. The topological polar surface area (TPSA) is 37.4 Å². The smallest absolute Gasteiger partial charge is 0.219 e. The number of aldehydes is 1. The maximum absolute atomic E-state index is 11.4. The van der Waals surface area contributed by atoms with E-state index in [2.05, 4.69) is 0 Å². The number of carbonyl (C=O) groups excluding carboxylic acids is 2. The molecule has 0 aliphatic carbocycles. The average Bonchev–Trinajstić information content (AvgIpc) is 2.30. The van der Waals surface area contributed by atoms with Crippen LogP contribution in [0, 0.1) is 5.92 Å². The summed E-state index contributed by atoms with van der Waals surface area (Å²) in [5.74, 6) is -0.251. The summed E-state index contributed by atoms with van der Waals surface area (Å²) in [6.45, 7) is 3.33. The van der Waals surface area contributed by atoms with Crippen LogP contribution in [0.1, 0.15) is 25.5 Å². The molecule has 3 heteroatoms. The van der Waals surface area contributed by atoms with Crippen LogP contribution in [0.25, 0.3) is 0 Å². The molecule has 0 saturated carbocycles. The number of hydrogen-bond acceptors (Lipinski definition) is 2. The fourth-order valence-electron chi connectivity index (χ4n) is 1.80. The predicted octanol–water partition coefficient (Wildman–Crippen LogP) is 2.04. The molecular formula is C13H17NO2. The van der Waals surface area contributed by atoms with Crippen LogP contribution in [0.2, 0.25) is 0 Å². The lowest BCUT2D eigenvalue weighted by Crippen LogP contribution is -2.33. The van der Waals surface area contributed by atoms with Gasteiger partial charge in [0.25, 0.3) is 0 Å². The largest absolute Gasteiger partial charge is 0.338 e. The van der Waals surface area contributed by atoms with Crippen molar-refractivity contribution in [1.82, 2.24) is 4.90 Å². The molecule has 2 atom stereocenters. The Bertz CT molecular complexity index is 361. The van der Waals surface area contributed by atoms with Crippen molar-refractivity contribution >= 4 is 12.2 Å². The molecule has 1 aromatic carbocycles. The second kappa shape index (κ2) is 5.45. The number of benzene rings is 1. The molecule has 86 valence electrons. The van der Waals surface area contributed by atoms with Gasteiger partial charge < -0.3 is 9.69 Å². The Morgan fingerprint density at radius 3 is 2.31 bits per heavy atom. The number of rotatable bonds is 4. The number of carbonyl (C=O) groups is 2. The summed E-state index contributed by atoms with van der Waals surface area (Å²) in [5, 5.41) is 0. The molecule has 1 aromatic rings. The van der Waals surface area contributed by atoms with E-state index in [9.17, 15) is 9.59 Å². The molecule has 0 bridgehead atoms. The Kier molecular flexibility index (Phi) is 4.23. The van der Waals surface area contributed by atoms with Crippen LogP contribution in [0.4, 0.5) is 0 Å². The third-order valence-electron chi connectivity index (χ3n) is 2.77. The molecule has 1 rings (SSSR count). The second-order valence-corrected chi connectivity index (χ2v) is 3.98. The third kappa shape index (κ3) is 2.69. The number of hydrogen-bond donors (Lipinski definition) is 0. The first-order chi connectivity index (χ1) is 7.57. The van der Waals surface area contributed by atoms with Crippen molar-refractivity contribution in [2.24, 2.45) is 5.92 Å². The highest BCUT2D eigenvalue weighted by molar-refractivity contribution is 5.74. The Balaban J connectivity index is 3.06. The monoisotopic (exact) mass is 219 g/mol. The molecule has 3 nitrogen and oxygen atoms in total. The molecule has 0 aliphatic heterocycles. The van der Waals surface area contributed by atoms with Gasteiger partial charge in [0.1, 0.15) is 6.29 Å². The lowest BCUT2D eigenvalue weighted by atomic mass is 9.94. The first-order valence-corrected chi connectivity index (χ1v) is 5.31. The molecule has 0 saturated heterocycles. The van der Waals surface area contributed by atoms with Gasteiger partial charge >= 0.3 is 0 Å². The SMILES string of the molecule is CC(=O)N(C)[C@@H](c1ccccc1)[C@H](C)C=O. The molecule has 0 radical (unpaired) electrons. The van der Waals surface area contributed by atoms with E-state index >= 15 is 0 Å². The minimum absolute atomic E-state index is 0.0393. The van der Waals surface area contributed by atoms with Gasteiger partial charge in [-0.05, 0) is 5.56 Å². The van der Waals surface area contributed by atoms with E-state index in [1.54, 1.807) is 11.9 Å². The highest BCUT2D eigenvalue weighted by Gasteiger charge is 2.24. The van der Waals surface area contributed by atoms with Gasteiger partial charge in [0.2, 0.25) is 5.91 Å². The lowest BCUT2D eigenvalue weighted by Gasteiger charge is -2.30. The maximum atomic E-state index is 11.4. The second-order valence-electron chi connectivity index (χ2n) is 3.98. The number of nitrogens with zero attached hydrogens (tertiary/aromatic N) is 1.